The lowest BCUT2D eigenvalue weighted by Gasteiger charge is -1.98. The van der Waals surface area contributed by atoms with Crippen LogP contribution < -0.4 is 0 Å². The lowest BCUT2D eigenvalue weighted by atomic mass is 10.3. The number of methoxy groups -OCH3 is 1. The van der Waals surface area contributed by atoms with Gasteiger partial charge in [0.25, 0.3) is 0 Å². The van der Waals surface area contributed by atoms with Crippen molar-refractivity contribution in [2.75, 3.05) is 13.7 Å². The first kappa shape index (κ1) is 10.6. The Hall–Kier alpha value is -0.450. The van der Waals surface area contributed by atoms with Crippen molar-refractivity contribution in [3.8, 4) is 0 Å². The Balaban J connectivity index is 2.71. The summed E-state index contributed by atoms with van der Waals surface area (Å²) in [5.74, 6) is 0. The molecule has 74 valence electrons. The third-order valence-corrected chi connectivity index (χ3v) is 3.16. The molecule has 1 aromatic heterocycles. The van der Waals surface area contributed by atoms with E-state index in [1.807, 2.05) is 6.92 Å². The van der Waals surface area contributed by atoms with E-state index in [1.54, 1.807) is 25.4 Å². The van der Waals surface area contributed by atoms with E-state index in [4.69, 9.17) is 4.74 Å². The van der Waals surface area contributed by atoms with Crippen LogP contribution >= 0.6 is 11.3 Å². The molecule has 0 fully saturated rings. The van der Waals surface area contributed by atoms with Crippen LogP contribution in [0, 0.1) is 6.92 Å². The zero-order valence-electron chi connectivity index (χ0n) is 8.20. The number of ether oxygens (including phenoxy) is 1. The van der Waals surface area contributed by atoms with Crippen molar-refractivity contribution in [2.24, 2.45) is 0 Å². The van der Waals surface area contributed by atoms with E-state index in [0.29, 0.717) is 6.61 Å². The molecule has 3 nitrogen and oxygen atoms in total. The number of thiazole rings is 1. The van der Waals surface area contributed by atoms with Gasteiger partial charge in [0.15, 0.2) is 0 Å². The minimum atomic E-state index is -0.409. The average molecular weight is 201 g/mol. The summed E-state index contributed by atoms with van der Waals surface area (Å²) in [7, 11) is 1.68. The molecule has 1 rings (SSSR count). The van der Waals surface area contributed by atoms with Gasteiger partial charge >= 0.3 is 0 Å². The molecule has 0 aliphatic carbocycles. The molecule has 0 saturated heterocycles. The number of hydrogen-bond donors (Lipinski definition) is 1. The summed E-state index contributed by atoms with van der Waals surface area (Å²) in [6.45, 7) is 4.38. The standard InChI is InChI=1S/C9H15NO2S/c1-6-9(7(2)11)13-8(10-6)4-5-12-3/h7,11H,4-5H2,1-3H3/t7-/m0/s1. The van der Waals surface area contributed by atoms with Crippen LogP contribution in [0.4, 0.5) is 0 Å². The average Bonchev–Trinajstić information content (AvgIpc) is 2.43. The maximum Gasteiger partial charge on any atom is 0.0954 e. The molecule has 0 bridgehead atoms. The van der Waals surface area contributed by atoms with Gasteiger partial charge in [0.1, 0.15) is 0 Å². The summed E-state index contributed by atoms with van der Waals surface area (Å²) in [6, 6.07) is 0. The second-order valence-corrected chi connectivity index (χ2v) is 4.09. The van der Waals surface area contributed by atoms with Gasteiger partial charge in [-0.05, 0) is 13.8 Å². The highest BCUT2D eigenvalue weighted by Gasteiger charge is 2.11. The zero-order valence-corrected chi connectivity index (χ0v) is 9.02. The summed E-state index contributed by atoms with van der Waals surface area (Å²) in [6.07, 6.45) is 0.420. The zero-order chi connectivity index (χ0) is 9.84. The van der Waals surface area contributed by atoms with Gasteiger partial charge < -0.3 is 9.84 Å². The van der Waals surface area contributed by atoms with Crippen LogP contribution in [-0.4, -0.2) is 23.8 Å². The summed E-state index contributed by atoms with van der Waals surface area (Å²) in [5, 5.41) is 10.4. The predicted molar refractivity (Wildman–Crippen MR) is 53.1 cm³/mol. The molecule has 13 heavy (non-hydrogen) atoms. The Bertz CT molecular complexity index is 271. The fourth-order valence-corrected chi connectivity index (χ4v) is 2.14. The third kappa shape index (κ3) is 2.76. The molecule has 0 aliphatic heterocycles. The van der Waals surface area contributed by atoms with Crippen LogP contribution in [0.3, 0.4) is 0 Å². The Kier molecular flexibility index (Phi) is 3.84. The van der Waals surface area contributed by atoms with Gasteiger partial charge in [-0.25, -0.2) is 4.98 Å². The molecule has 1 N–H and O–H groups in total. The molecular formula is C9H15NO2S. The number of aryl methyl sites for hydroxylation is 1. The topological polar surface area (TPSA) is 42.4 Å². The number of aliphatic hydroxyl groups is 1. The molecule has 0 unspecified atom stereocenters. The van der Waals surface area contributed by atoms with Crippen molar-refractivity contribution in [3.63, 3.8) is 0 Å². The normalized spacial score (nSPS) is 13.2. The van der Waals surface area contributed by atoms with Gasteiger partial charge in [0.05, 0.1) is 28.3 Å². The summed E-state index contributed by atoms with van der Waals surface area (Å²) < 4.78 is 4.96. The molecule has 1 atom stereocenters. The quantitative estimate of drug-likeness (QED) is 0.806. The van der Waals surface area contributed by atoms with Gasteiger partial charge in [-0.2, -0.15) is 0 Å². The molecule has 1 heterocycles. The fraction of sp³-hybridized carbons (Fsp3) is 0.667. The lowest BCUT2D eigenvalue weighted by molar-refractivity contribution is 0.202. The molecule has 4 heteroatoms. The molecule has 0 spiro atoms. The van der Waals surface area contributed by atoms with E-state index >= 15 is 0 Å². The molecule has 0 saturated carbocycles. The van der Waals surface area contributed by atoms with Crippen molar-refractivity contribution in [3.05, 3.63) is 15.6 Å². The number of rotatable bonds is 4. The first-order valence-electron chi connectivity index (χ1n) is 4.28. The van der Waals surface area contributed by atoms with Crippen molar-refractivity contribution in [2.45, 2.75) is 26.4 Å². The minimum Gasteiger partial charge on any atom is -0.388 e. The number of nitrogens with zero attached hydrogens (tertiary/aromatic N) is 1. The van der Waals surface area contributed by atoms with Crippen LogP contribution in [0.25, 0.3) is 0 Å². The minimum absolute atomic E-state index is 0.409. The molecule has 0 aliphatic rings. The van der Waals surface area contributed by atoms with Crippen molar-refractivity contribution >= 4 is 11.3 Å². The van der Waals surface area contributed by atoms with Crippen molar-refractivity contribution in [1.82, 2.24) is 4.98 Å². The predicted octanol–water partition coefficient (Wildman–Crippen LogP) is 1.69. The summed E-state index contributed by atoms with van der Waals surface area (Å²) >= 11 is 1.57. The fourth-order valence-electron chi connectivity index (χ4n) is 1.15. The van der Waals surface area contributed by atoms with Gasteiger partial charge in [0.2, 0.25) is 0 Å². The van der Waals surface area contributed by atoms with Gasteiger partial charge in [0, 0.05) is 13.5 Å². The van der Waals surface area contributed by atoms with Crippen molar-refractivity contribution < 1.29 is 9.84 Å². The molecule has 0 radical (unpaired) electrons. The van der Waals surface area contributed by atoms with Crippen LogP contribution in [0.5, 0.6) is 0 Å². The van der Waals surface area contributed by atoms with Gasteiger partial charge in [-0.15, -0.1) is 11.3 Å². The van der Waals surface area contributed by atoms with Crippen LogP contribution in [-0.2, 0) is 11.2 Å². The Labute approximate surface area is 82.4 Å². The van der Waals surface area contributed by atoms with E-state index < -0.39 is 6.10 Å². The highest BCUT2D eigenvalue weighted by atomic mass is 32.1. The smallest absolute Gasteiger partial charge is 0.0954 e. The first-order chi connectivity index (χ1) is 6.15. The lowest BCUT2D eigenvalue weighted by Crippen LogP contribution is -1.93. The number of hydrogen-bond acceptors (Lipinski definition) is 4. The second kappa shape index (κ2) is 4.69. The van der Waals surface area contributed by atoms with Crippen LogP contribution in [0.2, 0.25) is 0 Å². The van der Waals surface area contributed by atoms with E-state index in [0.717, 1.165) is 22.0 Å². The van der Waals surface area contributed by atoms with Crippen LogP contribution in [0.1, 0.15) is 28.6 Å². The molecule has 1 aromatic rings. The summed E-state index contributed by atoms with van der Waals surface area (Å²) in [4.78, 5) is 5.31. The van der Waals surface area contributed by atoms with E-state index in [-0.39, 0.29) is 0 Å². The van der Waals surface area contributed by atoms with E-state index in [9.17, 15) is 5.11 Å². The Morgan fingerprint density at radius 1 is 1.62 bits per heavy atom. The van der Waals surface area contributed by atoms with Crippen LogP contribution in [0.15, 0.2) is 0 Å². The molecular weight excluding hydrogens is 186 g/mol. The molecule has 0 amide bonds. The monoisotopic (exact) mass is 201 g/mol. The largest absolute Gasteiger partial charge is 0.388 e. The van der Waals surface area contributed by atoms with Gasteiger partial charge in [-0.1, -0.05) is 0 Å². The number of aliphatic hydroxyl groups excluding tert-OH is 1. The number of aromatic nitrogens is 1. The highest BCUT2D eigenvalue weighted by Crippen LogP contribution is 2.24. The van der Waals surface area contributed by atoms with Crippen molar-refractivity contribution in [1.29, 1.82) is 0 Å². The maximum atomic E-state index is 9.38. The first-order valence-corrected chi connectivity index (χ1v) is 5.10. The van der Waals surface area contributed by atoms with E-state index in [1.165, 1.54) is 0 Å². The molecule has 0 aromatic carbocycles. The Morgan fingerprint density at radius 2 is 2.31 bits per heavy atom. The van der Waals surface area contributed by atoms with Gasteiger partial charge in [-0.3, -0.25) is 0 Å². The summed E-state index contributed by atoms with van der Waals surface area (Å²) in [5.41, 5.74) is 0.936. The second-order valence-electron chi connectivity index (χ2n) is 2.98. The third-order valence-electron chi connectivity index (χ3n) is 1.78. The van der Waals surface area contributed by atoms with E-state index in [2.05, 4.69) is 4.98 Å². The Morgan fingerprint density at radius 3 is 2.77 bits per heavy atom. The SMILES string of the molecule is COCCc1nc(C)c([C@H](C)O)s1. The highest BCUT2D eigenvalue weighted by molar-refractivity contribution is 7.11. The maximum absolute atomic E-state index is 9.38.